The lowest BCUT2D eigenvalue weighted by atomic mass is 10.1. The van der Waals surface area contributed by atoms with E-state index in [1.807, 2.05) is 0 Å². The van der Waals surface area contributed by atoms with Crippen molar-refractivity contribution in [1.82, 2.24) is 9.78 Å². The highest BCUT2D eigenvalue weighted by molar-refractivity contribution is 5.66. The van der Waals surface area contributed by atoms with E-state index in [0.29, 0.717) is 5.92 Å². The molecule has 2 fully saturated rings. The molecular formula is C12H14N2O2. The zero-order valence-corrected chi connectivity index (χ0v) is 9.02. The largest absolute Gasteiger partial charge is 0.480 e. The predicted octanol–water partition coefficient (Wildman–Crippen LogP) is 1.50. The van der Waals surface area contributed by atoms with Crippen LogP contribution in [0, 0.1) is 5.92 Å². The normalized spacial score (nSPS) is 30.0. The van der Waals surface area contributed by atoms with Gasteiger partial charge in [0.1, 0.15) is 6.54 Å². The van der Waals surface area contributed by atoms with E-state index in [-0.39, 0.29) is 6.54 Å². The molecule has 1 heterocycles. The van der Waals surface area contributed by atoms with Crippen molar-refractivity contribution in [3.63, 3.8) is 0 Å². The zero-order chi connectivity index (χ0) is 10.9. The van der Waals surface area contributed by atoms with Crippen LogP contribution in [0.3, 0.4) is 0 Å². The predicted molar refractivity (Wildman–Crippen MR) is 56.4 cm³/mol. The summed E-state index contributed by atoms with van der Waals surface area (Å²) < 4.78 is 1.75. The fraction of sp³-hybridized carbons (Fsp3) is 0.667. The van der Waals surface area contributed by atoms with Gasteiger partial charge in [-0.05, 0) is 37.5 Å². The molecular weight excluding hydrogens is 204 g/mol. The molecule has 1 aromatic heterocycles. The van der Waals surface area contributed by atoms with Gasteiger partial charge in [0.25, 0.3) is 0 Å². The quantitative estimate of drug-likeness (QED) is 0.836. The molecule has 2 saturated carbocycles. The van der Waals surface area contributed by atoms with Crippen LogP contribution < -0.4 is 0 Å². The van der Waals surface area contributed by atoms with Gasteiger partial charge < -0.3 is 5.11 Å². The second-order valence-corrected chi connectivity index (χ2v) is 5.38. The van der Waals surface area contributed by atoms with Gasteiger partial charge in [-0.3, -0.25) is 9.48 Å². The molecule has 4 rings (SSSR count). The molecule has 0 saturated heterocycles. The molecule has 4 heteroatoms. The molecule has 3 aliphatic rings. The van der Waals surface area contributed by atoms with Gasteiger partial charge in [-0.25, -0.2) is 0 Å². The fourth-order valence-corrected chi connectivity index (χ4v) is 3.14. The Labute approximate surface area is 93.3 Å². The molecule has 0 aromatic carbocycles. The van der Waals surface area contributed by atoms with Crippen LogP contribution in [-0.4, -0.2) is 20.9 Å². The molecule has 0 bridgehead atoms. The highest BCUT2D eigenvalue weighted by atomic mass is 16.4. The summed E-state index contributed by atoms with van der Waals surface area (Å²) in [5.41, 5.74) is 3.90. The van der Waals surface area contributed by atoms with Crippen LogP contribution in [0.4, 0.5) is 0 Å². The smallest absolute Gasteiger partial charge is 0.325 e. The SMILES string of the molecule is O=C(O)Cn1nc(C2CC2)c2c1C[C@H]1C[C@@H]21. The Kier molecular flexibility index (Phi) is 1.47. The van der Waals surface area contributed by atoms with E-state index >= 15 is 0 Å². The van der Waals surface area contributed by atoms with Crippen molar-refractivity contribution in [2.45, 2.75) is 44.1 Å². The molecule has 0 spiro atoms. The van der Waals surface area contributed by atoms with Crippen LogP contribution in [0.15, 0.2) is 0 Å². The highest BCUT2D eigenvalue weighted by Gasteiger charge is 2.50. The van der Waals surface area contributed by atoms with Crippen LogP contribution >= 0.6 is 0 Å². The summed E-state index contributed by atoms with van der Waals surface area (Å²) in [4.78, 5) is 10.8. The average Bonchev–Trinajstić information content (AvgIpc) is 3.11. The maximum absolute atomic E-state index is 10.8. The summed E-state index contributed by atoms with van der Waals surface area (Å²) in [6.07, 6.45) is 4.86. The number of carboxylic acids is 1. The first-order valence-corrected chi connectivity index (χ1v) is 6.05. The molecule has 4 nitrogen and oxygen atoms in total. The number of rotatable bonds is 3. The number of hydrogen-bond acceptors (Lipinski definition) is 2. The van der Waals surface area contributed by atoms with Crippen LogP contribution in [0.5, 0.6) is 0 Å². The Morgan fingerprint density at radius 1 is 1.50 bits per heavy atom. The molecule has 0 aliphatic heterocycles. The molecule has 1 N–H and O–H groups in total. The third-order valence-electron chi connectivity index (χ3n) is 4.12. The number of aliphatic carboxylic acids is 1. The minimum absolute atomic E-state index is 0.0362. The summed E-state index contributed by atoms with van der Waals surface area (Å²) in [5, 5.41) is 13.4. The number of aromatic nitrogens is 2. The Morgan fingerprint density at radius 3 is 3.00 bits per heavy atom. The van der Waals surface area contributed by atoms with Crippen LogP contribution in [0.2, 0.25) is 0 Å². The molecule has 84 valence electrons. The number of carbonyl (C=O) groups is 1. The van der Waals surface area contributed by atoms with Crippen molar-refractivity contribution in [2.75, 3.05) is 0 Å². The third-order valence-corrected chi connectivity index (χ3v) is 4.12. The second-order valence-electron chi connectivity index (χ2n) is 5.38. The van der Waals surface area contributed by atoms with E-state index in [0.717, 1.165) is 18.3 Å². The standard InChI is InChI=1S/C12H14N2O2/c15-10(16)5-14-9-4-7-3-8(7)11(9)12(13-14)6-1-2-6/h6-8H,1-5H2,(H,15,16)/t7-,8-/m1/s1. The summed E-state index contributed by atoms with van der Waals surface area (Å²) in [7, 11) is 0. The summed E-state index contributed by atoms with van der Waals surface area (Å²) in [5.74, 6) is 1.40. The zero-order valence-electron chi connectivity index (χ0n) is 9.02. The Bertz CT molecular complexity index is 487. The first-order valence-electron chi connectivity index (χ1n) is 6.05. The van der Waals surface area contributed by atoms with E-state index in [1.165, 1.54) is 36.2 Å². The van der Waals surface area contributed by atoms with Gasteiger partial charge >= 0.3 is 5.97 Å². The van der Waals surface area contributed by atoms with Crippen molar-refractivity contribution < 1.29 is 9.90 Å². The molecule has 0 amide bonds. The van der Waals surface area contributed by atoms with Crippen LogP contribution in [-0.2, 0) is 17.8 Å². The highest BCUT2D eigenvalue weighted by Crippen LogP contribution is 2.59. The Balaban J connectivity index is 1.80. The molecule has 0 unspecified atom stereocenters. The second kappa shape index (κ2) is 2.67. The first-order chi connectivity index (χ1) is 7.74. The van der Waals surface area contributed by atoms with E-state index < -0.39 is 5.97 Å². The summed E-state index contributed by atoms with van der Waals surface area (Å²) >= 11 is 0. The summed E-state index contributed by atoms with van der Waals surface area (Å²) in [6, 6.07) is 0. The summed E-state index contributed by atoms with van der Waals surface area (Å²) in [6.45, 7) is 0.0362. The fourth-order valence-electron chi connectivity index (χ4n) is 3.14. The maximum Gasteiger partial charge on any atom is 0.325 e. The number of hydrogen-bond donors (Lipinski definition) is 1. The van der Waals surface area contributed by atoms with Crippen LogP contribution in [0.1, 0.15) is 48.0 Å². The van der Waals surface area contributed by atoms with Gasteiger partial charge in [0.15, 0.2) is 0 Å². The maximum atomic E-state index is 10.8. The lowest BCUT2D eigenvalue weighted by Gasteiger charge is -2.02. The monoisotopic (exact) mass is 218 g/mol. The molecule has 1 aromatic rings. The van der Waals surface area contributed by atoms with Gasteiger partial charge in [-0.2, -0.15) is 5.10 Å². The van der Waals surface area contributed by atoms with Gasteiger partial charge in [0.05, 0.1) is 5.69 Å². The lowest BCUT2D eigenvalue weighted by molar-refractivity contribution is -0.137. The van der Waals surface area contributed by atoms with E-state index in [2.05, 4.69) is 5.10 Å². The molecule has 3 aliphatic carbocycles. The van der Waals surface area contributed by atoms with E-state index in [1.54, 1.807) is 4.68 Å². The van der Waals surface area contributed by atoms with Crippen molar-refractivity contribution in [3.8, 4) is 0 Å². The van der Waals surface area contributed by atoms with E-state index in [4.69, 9.17) is 5.11 Å². The number of carboxylic acid groups (broad SMARTS) is 1. The molecule has 16 heavy (non-hydrogen) atoms. The first kappa shape index (κ1) is 8.79. The topological polar surface area (TPSA) is 55.1 Å². The third kappa shape index (κ3) is 1.10. The number of fused-ring (bicyclic) bond motifs is 3. The van der Waals surface area contributed by atoms with Crippen molar-refractivity contribution in [2.24, 2.45) is 5.92 Å². The Morgan fingerprint density at radius 2 is 2.31 bits per heavy atom. The number of nitrogens with zero attached hydrogens (tertiary/aromatic N) is 2. The molecule has 2 atom stereocenters. The minimum atomic E-state index is -0.784. The van der Waals surface area contributed by atoms with Crippen molar-refractivity contribution >= 4 is 5.97 Å². The lowest BCUT2D eigenvalue weighted by Crippen LogP contribution is -2.13. The molecule has 0 radical (unpaired) electrons. The van der Waals surface area contributed by atoms with Gasteiger partial charge in [0, 0.05) is 17.2 Å². The van der Waals surface area contributed by atoms with Gasteiger partial charge in [0.2, 0.25) is 0 Å². The van der Waals surface area contributed by atoms with E-state index in [9.17, 15) is 4.79 Å². The van der Waals surface area contributed by atoms with Crippen molar-refractivity contribution in [1.29, 1.82) is 0 Å². The van der Waals surface area contributed by atoms with Crippen LogP contribution in [0.25, 0.3) is 0 Å². The minimum Gasteiger partial charge on any atom is -0.480 e. The van der Waals surface area contributed by atoms with Crippen molar-refractivity contribution in [3.05, 3.63) is 17.0 Å². The average molecular weight is 218 g/mol. The Hall–Kier alpha value is -1.32. The van der Waals surface area contributed by atoms with Gasteiger partial charge in [-0.15, -0.1) is 0 Å². The van der Waals surface area contributed by atoms with Gasteiger partial charge in [-0.1, -0.05) is 0 Å².